The van der Waals surface area contributed by atoms with Gasteiger partial charge < -0.3 is 19.3 Å². The number of nitrogens with zero attached hydrogens (tertiary/aromatic N) is 3. The Morgan fingerprint density at radius 3 is 2.74 bits per heavy atom. The molecule has 2 atom stereocenters. The Kier molecular flexibility index (Phi) is 4.90. The highest BCUT2D eigenvalue weighted by Gasteiger charge is 2.46. The predicted octanol–water partition coefficient (Wildman–Crippen LogP) is 3.44. The Morgan fingerprint density at radius 1 is 1.19 bits per heavy atom. The van der Waals surface area contributed by atoms with Crippen LogP contribution in [0.4, 0.5) is 8.78 Å². The highest BCUT2D eigenvalue weighted by atomic mass is 19.3. The first-order chi connectivity index (χ1) is 15.0. The lowest BCUT2D eigenvalue weighted by Gasteiger charge is -2.24. The number of aromatic nitrogens is 2. The number of carbonyl (C=O) groups excluding carboxylic acids is 1. The van der Waals surface area contributed by atoms with Gasteiger partial charge in [-0.1, -0.05) is 23.4 Å². The third-order valence-corrected chi connectivity index (χ3v) is 5.87. The van der Waals surface area contributed by atoms with Crippen molar-refractivity contribution in [3.05, 3.63) is 53.6 Å². The lowest BCUT2D eigenvalue weighted by molar-refractivity contribution is -0.129. The molecule has 1 fully saturated rings. The zero-order valence-electron chi connectivity index (χ0n) is 16.4. The zero-order valence-corrected chi connectivity index (χ0v) is 16.4. The minimum Gasteiger partial charge on any atom is -0.435 e. The average Bonchev–Trinajstić information content (AvgIpc) is 3.43. The van der Waals surface area contributed by atoms with Gasteiger partial charge in [0.1, 0.15) is 5.75 Å². The fraction of sp³-hybridized carbons (Fsp3) is 0.318. The summed E-state index contributed by atoms with van der Waals surface area (Å²) in [4.78, 5) is 18.6. The van der Waals surface area contributed by atoms with E-state index in [1.165, 1.54) is 12.1 Å². The molecule has 0 saturated carbocycles. The second-order valence-corrected chi connectivity index (χ2v) is 7.62. The van der Waals surface area contributed by atoms with E-state index in [1.807, 2.05) is 18.2 Å². The van der Waals surface area contributed by atoms with Gasteiger partial charge in [-0.15, -0.1) is 0 Å². The fourth-order valence-corrected chi connectivity index (χ4v) is 4.65. The first-order valence-electron chi connectivity index (χ1n) is 9.96. The van der Waals surface area contributed by atoms with Crippen LogP contribution in [0.25, 0.3) is 22.8 Å². The lowest BCUT2D eigenvalue weighted by Crippen LogP contribution is -2.30. The molecule has 0 spiro atoms. The SMILES string of the molecule is O=C1C[C@@H]2Cc3c(-c4noc(-c5ccc(OC(F)F)cc5)n4)cccc3[C@@H]2N1CCO. The van der Waals surface area contributed by atoms with Gasteiger partial charge in [0.2, 0.25) is 11.7 Å². The molecular weight excluding hydrogens is 408 g/mol. The van der Waals surface area contributed by atoms with E-state index >= 15 is 0 Å². The normalized spacial score (nSPS) is 19.7. The molecule has 1 aliphatic heterocycles. The first kappa shape index (κ1) is 19.6. The third-order valence-electron chi connectivity index (χ3n) is 5.87. The summed E-state index contributed by atoms with van der Waals surface area (Å²) >= 11 is 0. The van der Waals surface area contributed by atoms with Crippen molar-refractivity contribution < 1.29 is 27.9 Å². The molecule has 7 nitrogen and oxygen atoms in total. The number of fused-ring (bicyclic) bond motifs is 3. The van der Waals surface area contributed by atoms with Gasteiger partial charge in [-0.2, -0.15) is 13.8 Å². The smallest absolute Gasteiger partial charge is 0.387 e. The second kappa shape index (κ2) is 7.73. The second-order valence-electron chi connectivity index (χ2n) is 7.62. The maximum absolute atomic E-state index is 12.3. The molecule has 0 radical (unpaired) electrons. The summed E-state index contributed by atoms with van der Waals surface area (Å²) in [5, 5.41) is 13.5. The Labute approximate surface area is 176 Å². The summed E-state index contributed by atoms with van der Waals surface area (Å²) in [6.45, 7) is -2.63. The van der Waals surface area contributed by atoms with Crippen LogP contribution in [0.1, 0.15) is 23.6 Å². The van der Waals surface area contributed by atoms with E-state index in [2.05, 4.69) is 14.9 Å². The number of ether oxygens (including phenoxy) is 1. The van der Waals surface area contributed by atoms with Crippen molar-refractivity contribution in [2.75, 3.05) is 13.2 Å². The highest BCUT2D eigenvalue weighted by Crippen LogP contribution is 2.49. The molecule has 9 heteroatoms. The summed E-state index contributed by atoms with van der Waals surface area (Å²) in [5.74, 6) is 0.990. The van der Waals surface area contributed by atoms with Crippen LogP contribution in [-0.2, 0) is 11.2 Å². The highest BCUT2D eigenvalue weighted by molar-refractivity contribution is 5.81. The number of halogens is 2. The largest absolute Gasteiger partial charge is 0.435 e. The Morgan fingerprint density at radius 2 is 2.00 bits per heavy atom. The summed E-state index contributed by atoms with van der Waals surface area (Å²) in [6, 6.07) is 11.8. The topological polar surface area (TPSA) is 88.7 Å². The monoisotopic (exact) mass is 427 g/mol. The minimum atomic E-state index is -2.89. The number of aliphatic hydroxyl groups excluding tert-OH is 1. The number of carbonyl (C=O) groups is 1. The van der Waals surface area contributed by atoms with Crippen molar-refractivity contribution in [1.29, 1.82) is 0 Å². The number of amides is 1. The summed E-state index contributed by atoms with van der Waals surface area (Å²) in [5.41, 5.74) is 3.57. The standard InChI is InChI=1S/C22H19F2N3O4/c23-22(24)30-14-6-4-12(5-7-14)21-25-20(26-31-21)16-3-1-2-15-17(16)10-13-11-18(29)27(8-9-28)19(13)15/h1-7,13,19,22,28H,8-11H2/t13-,19+/m0/s1. The quantitative estimate of drug-likeness (QED) is 0.648. The van der Waals surface area contributed by atoms with Crippen LogP contribution in [0.2, 0.25) is 0 Å². The molecular formula is C22H19F2N3O4. The van der Waals surface area contributed by atoms with Crippen molar-refractivity contribution in [2.24, 2.45) is 5.92 Å². The molecule has 160 valence electrons. The van der Waals surface area contributed by atoms with Crippen LogP contribution in [-0.4, -0.2) is 45.8 Å². The molecule has 1 amide bonds. The van der Waals surface area contributed by atoms with Crippen LogP contribution in [0.15, 0.2) is 47.0 Å². The van der Waals surface area contributed by atoms with E-state index in [0.717, 1.165) is 23.1 Å². The van der Waals surface area contributed by atoms with Crippen LogP contribution in [0.5, 0.6) is 5.75 Å². The van der Waals surface area contributed by atoms with E-state index in [-0.39, 0.29) is 36.1 Å². The number of hydrogen-bond acceptors (Lipinski definition) is 6. The molecule has 1 aromatic heterocycles. The lowest BCUT2D eigenvalue weighted by atomic mass is 10.0. The van der Waals surface area contributed by atoms with Crippen LogP contribution < -0.4 is 4.74 Å². The Balaban J connectivity index is 1.44. The zero-order chi connectivity index (χ0) is 21.5. The summed E-state index contributed by atoms with van der Waals surface area (Å²) in [6.07, 6.45) is 1.19. The van der Waals surface area contributed by atoms with Gasteiger partial charge in [0, 0.05) is 24.1 Å². The molecule has 31 heavy (non-hydrogen) atoms. The minimum absolute atomic E-state index is 0.0386. The van der Waals surface area contributed by atoms with Gasteiger partial charge >= 0.3 is 6.61 Å². The van der Waals surface area contributed by atoms with Crippen LogP contribution in [0, 0.1) is 5.92 Å². The van der Waals surface area contributed by atoms with Crippen molar-refractivity contribution in [3.63, 3.8) is 0 Å². The van der Waals surface area contributed by atoms with E-state index in [9.17, 15) is 18.7 Å². The molecule has 3 aromatic rings. The van der Waals surface area contributed by atoms with E-state index in [4.69, 9.17) is 4.52 Å². The molecule has 2 aromatic carbocycles. The van der Waals surface area contributed by atoms with Crippen LogP contribution >= 0.6 is 0 Å². The number of aliphatic hydroxyl groups is 1. The number of rotatable bonds is 6. The molecule has 0 unspecified atom stereocenters. The Hall–Kier alpha value is -3.33. The van der Waals surface area contributed by atoms with E-state index < -0.39 is 6.61 Å². The molecule has 5 rings (SSSR count). The Bertz CT molecular complexity index is 1120. The van der Waals surface area contributed by atoms with Gasteiger partial charge in [-0.25, -0.2) is 0 Å². The first-order valence-corrected chi connectivity index (χ1v) is 9.96. The molecule has 2 aliphatic rings. The van der Waals surface area contributed by atoms with E-state index in [0.29, 0.717) is 24.4 Å². The maximum atomic E-state index is 12.3. The number of β-amino-alcohol motifs (C(OH)–C–C–N with tert-alkyl or cyclic N) is 1. The number of likely N-dealkylation sites (tertiary alicyclic amines) is 1. The van der Waals surface area contributed by atoms with E-state index in [1.54, 1.807) is 17.0 Å². The van der Waals surface area contributed by atoms with Crippen LogP contribution in [0.3, 0.4) is 0 Å². The maximum Gasteiger partial charge on any atom is 0.387 e. The van der Waals surface area contributed by atoms with Crippen molar-refractivity contribution in [2.45, 2.75) is 25.5 Å². The van der Waals surface area contributed by atoms with Gasteiger partial charge in [0.05, 0.1) is 12.6 Å². The van der Waals surface area contributed by atoms with Crippen molar-refractivity contribution in [3.8, 4) is 28.6 Å². The number of alkyl halides is 2. The van der Waals surface area contributed by atoms with Gasteiger partial charge in [0.25, 0.3) is 5.89 Å². The number of benzene rings is 2. The summed E-state index contributed by atoms with van der Waals surface area (Å²) < 4.78 is 34.4. The van der Waals surface area contributed by atoms with Crippen molar-refractivity contribution in [1.82, 2.24) is 15.0 Å². The molecule has 1 aliphatic carbocycles. The number of hydrogen-bond donors (Lipinski definition) is 1. The molecule has 2 heterocycles. The van der Waals surface area contributed by atoms with Gasteiger partial charge in [-0.05, 0) is 47.7 Å². The average molecular weight is 427 g/mol. The summed E-state index contributed by atoms with van der Waals surface area (Å²) in [7, 11) is 0. The predicted molar refractivity (Wildman–Crippen MR) is 105 cm³/mol. The molecule has 1 N–H and O–H groups in total. The van der Waals surface area contributed by atoms with Gasteiger partial charge in [-0.3, -0.25) is 4.79 Å². The van der Waals surface area contributed by atoms with Gasteiger partial charge in [0.15, 0.2) is 0 Å². The third kappa shape index (κ3) is 3.44. The molecule has 0 bridgehead atoms. The molecule has 1 saturated heterocycles. The van der Waals surface area contributed by atoms with Crippen molar-refractivity contribution >= 4 is 5.91 Å². The fourth-order valence-electron chi connectivity index (χ4n) is 4.65.